The average Bonchev–Trinajstić information content (AvgIpc) is 3.36. The third-order valence-electron chi connectivity index (χ3n) is 12.0. The highest BCUT2D eigenvalue weighted by Crippen LogP contribution is 2.38. The van der Waals surface area contributed by atoms with Crippen LogP contribution in [0.25, 0.3) is 0 Å². The van der Waals surface area contributed by atoms with Gasteiger partial charge in [0.15, 0.2) is 6.10 Å². The van der Waals surface area contributed by atoms with Gasteiger partial charge in [0.05, 0.1) is 27.7 Å². The molecule has 9 nitrogen and oxygen atoms in total. The standard InChI is InChI=1S/C64H108NO8P/c1-6-8-10-12-14-16-18-20-22-24-25-26-27-28-29-30-31-32-33-34-35-36-37-38-39-41-43-45-47-49-51-53-55-57-64(67)73-62(61-72-74(68,69)71-59-58-65(3,4)5)60-70-63(66)56-54-52-50-48-46-44-42-40-23-21-19-17-15-13-11-9-7-2/h8-11,14-17,20-23,25-26,28-29,31-32,34-35,62H,6-7,12-13,18-19,24,27,30,33,36-61H2,1-5H3/b10-8-,11-9-,16-14-,17-15-,22-20-,23-21-,26-25-,29-28-,32-31-,35-34-. The summed E-state index contributed by atoms with van der Waals surface area (Å²) in [6.07, 6.45) is 76.7. The molecule has 0 fully saturated rings. The lowest BCUT2D eigenvalue weighted by atomic mass is 10.0. The molecule has 2 unspecified atom stereocenters. The Morgan fingerprint density at radius 2 is 0.730 bits per heavy atom. The van der Waals surface area contributed by atoms with E-state index in [0.717, 1.165) is 116 Å². The van der Waals surface area contributed by atoms with Gasteiger partial charge in [-0.2, -0.15) is 0 Å². The van der Waals surface area contributed by atoms with Gasteiger partial charge in [0.2, 0.25) is 0 Å². The zero-order valence-corrected chi connectivity index (χ0v) is 48.6. The molecule has 0 aliphatic rings. The van der Waals surface area contributed by atoms with Gasteiger partial charge in [-0.25, -0.2) is 0 Å². The summed E-state index contributed by atoms with van der Waals surface area (Å²) in [6, 6.07) is 0. The third kappa shape index (κ3) is 57.7. The Hall–Kier alpha value is -3.59. The van der Waals surface area contributed by atoms with Crippen molar-refractivity contribution in [3.8, 4) is 0 Å². The van der Waals surface area contributed by atoms with Crippen LogP contribution < -0.4 is 4.89 Å². The molecular weight excluding hydrogens is 942 g/mol. The Kier molecular flexibility index (Phi) is 51.6. The molecule has 0 amide bonds. The summed E-state index contributed by atoms with van der Waals surface area (Å²) < 4.78 is 34.1. The molecule has 0 N–H and O–H groups in total. The number of carbonyl (C=O) groups is 2. The fraction of sp³-hybridized carbons (Fsp3) is 0.656. The highest BCUT2D eigenvalue weighted by atomic mass is 31.2. The lowest BCUT2D eigenvalue weighted by Crippen LogP contribution is -2.37. The van der Waals surface area contributed by atoms with Gasteiger partial charge in [0, 0.05) is 12.8 Å². The summed E-state index contributed by atoms with van der Waals surface area (Å²) in [5.41, 5.74) is 0. The molecule has 0 spiro atoms. The Bertz CT molecular complexity index is 1660. The Morgan fingerprint density at radius 1 is 0.419 bits per heavy atom. The summed E-state index contributed by atoms with van der Waals surface area (Å²) in [6.45, 7) is 3.99. The maximum absolute atomic E-state index is 12.8. The SMILES string of the molecule is CC/C=C\C/C=C\C/C=C\C/C=C\C/C=C\C/C=C\C/C=C\CCCCCCCCCCCCCC(=O)OC(COC(=O)CCCCCCCCC/C=C\C/C=C\C/C=C\CC)COP(=O)([O-])OCC[N+](C)(C)C. The molecule has 0 bridgehead atoms. The maximum atomic E-state index is 12.8. The number of hydrogen-bond donors (Lipinski definition) is 0. The Labute approximate surface area is 454 Å². The van der Waals surface area contributed by atoms with Crippen LogP contribution in [0.5, 0.6) is 0 Å². The van der Waals surface area contributed by atoms with Gasteiger partial charge in [0.25, 0.3) is 7.82 Å². The number of hydrogen-bond acceptors (Lipinski definition) is 8. The summed E-state index contributed by atoms with van der Waals surface area (Å²) in [5, 5.41) is 0. The predicted octanol–water partition coefficient (Wildman–Crippen LogP) is 17.7. The second-order valence-electron chi connectivity index (χ2n) is 20.2. The van der Waals surface area contributed by atoms with E-state index in [1.807, 2.05) is 21.1 Å². The minimum Gasteiger partial charge on any atom is -0.756 e. The minimum absolute atomic E-state index is 0.0391. The van der Waals surface area contributed by atoms with Gasteiger partial charge in [0.1, 0.15) is 19.8 Å². The van der Waals surface area contributed by atoms with Crippen LogP contribution in [0.4, 0.5) is 0 Å². The molecule has 422 valence electrons. The van der Waals surface area contributed by atoms with Gasteiger partial charge in [-0.05, 0) is 103 Å². The second kappa shape index (κ2) is 54.2. The molecule has 0 saturated carbocycles. The number of unbranched alkanes of at least 4 members (excludes halogenated alkanes) is 18. The van der Waals surface area contributed by atoms with Crippen molar-refractivity contribution in [2.24, 2.45) is 0 Å². The molecule has 0 aliphatic carbocycles. The molecule has 2 atom stereocenters. The van der Waals surface area contributed by atoms with E-state index in [9.17, 15) is 19.0 Å². The number of rotatable bonds is 52. The molecule has 0 radical (unpaired) electrons. The lowest BCUT2D eigenvalue weighted by Gasteiger charge is -2.28. The molecule has 74 heavy (non-hydrogen) atoms. The molecular formula is C64H108NO8P. The number of allylic oxidation sites excluding steroid dienone is 20. The van der Waals surface area contributed by atoms with Crippen LogP contribution in [0.15, 0.2) is 122 Å². The van der Waals surface area contributed by atoms with Crippen LogP contribution >= 0.6 is 7.82 Å². The smallest absolute Gasteiger partial charge is 0.306 e. The first kappa shape index (κ1) is 70.4. The number of ether oxygens (including phenoxy) is 2. The molecule has 0 aromatic rings. The molecule has 0 rings (SSSR count). The first-order valence-electron chi connectivity index (χ1n) is 29.2. The number of phosphoric acid groups is 1. The molecule has 0 aromatic carbocycles. The van der Waals surface area contributed by atoms with Crippen molar-refractivity contribution in [2.45, 2.75) is 225 Å². The number of likely N-dealkylation sites (N-methyl/N-ethyl adjacent to an activating group) is 1. The molecule has 0 heterocycles. The van der Waals surface area contributed by atoms with Gasteiger partial charge in [-0.1, -0.05) is 225 Å². The monoisotopic (exact) mass is 1050 g/mol. The fourth-order valence-electron chi connectivity index (χ4n) is 7.53. The van der Waals surface area contributed by atoms with E-state index in [0.29, 0.717) is 23.9 Å². The number of nitrogens with zero attached hydrogens (tertiary/aromatic N) is 1. The highest BCUT2D eigenvalue weighted by molar-refractivity contribution is 7.45. The quantitative estimate of drug-likeness (QED) is 0.0195. The first-order valence-corrected chi connectivity index (χ1v) is 30.7. The van der Waals surface area contributed by atoms with Crippen molar-refractivity contribution in [1.29, 1.82) is 0 Å². The molecule has 10 heteroatoms. The maximum Gasteiger partial charge on any atom is 0.306 e. The number of esters is 2. The largest absolute Gasteiger partial charge is 0.756 e. The summed E-state index contributed by atoms with van der Waals surface area (Å²) >= 11 is 0. The van der Waals surface area contributed by atoms with Crippen LogP contribution in [-0.4, -0.2) is 70.0 Å². The summed E-state index contributed by atoms with van der Waals surface area (Å²) in [7, 11) is 1.14. The van der Waals surface area contributed by atoms with Crippen LogP contribution in [0.2, 0.25) is 0 Å². The van der Waals surface area contributed by atoms with E-state index in [1.54, 1.807) is 0 Å². The van der Waals surface area contributed by atoms with E-state index < -0.39 is 32.5 Å². The fourth-order valence-corrected chi connectivity index (χ4v) is 8.26. The Morgan fingerprint density at radius 3 is 1.08 bits per heavy atom. The molecule has 0 aromatic heterocycles. The van der Waals surface area contributed by atoms with Crippen molar-refractivity contribution in [1.82, 2.24) is 0 Å². The van der Waals surface area contributed by atoms with Crippen LogP contribution in [0, 0.1) is 0 Å². The van der Waals surface area contributed by atoms with Gasteiger partial charge >= 0.3 is 11.9 Å². The van der Waals surface area contributed by atoms with Gasteiger partial charge in [-0.3, -0.25) is 14.2 Å². The third-order valence-corrected chi connectivity index (χ3v) is 12.9. The van der Waals surface area contributed by atoms with Crippen molar-refractivity contribution in [3.05, 3.63) is 122 Å². The normalized spacial score (nSPS) is 14.2. The lowest BCUT2D eigenvalue weighted by molar-refractivity contribution is -0.870. The number of quaternary nitrogens is 1. The second-order valence-corrected chi connectivity index (χ2v) is 21.7. The minimum atomic E-state index is -4.65. The van der Waals surface area contributed by atoms with E-state index in [-0.39, 0.29) is 26.1 Å². The highest BCUT2D eigenvalue weighted by Gasteiger charge is 2.21. The van der Waals surface area contributed by atoms with Crippen molar-refractivity contribution >= 4 is 19.8 Å². The summed E-state index contributed by atoms with van der Waals surface area (Å²) in [4.78, 5) is 37.9. The van der Waals surface area contributed by atoms with Crippen LogP contribution in [-0.2, 0) is 32.7 Å². The van der Waals surface area contributed by atoms with Crippen molar-refractivity contribution < 1.29 is 42.1 Å². The van der Waals surface area contributed by atoms with E-state index in [4.69, 9.17) is 18.5 Å². The number of carbonyl (C=O) groups excluding carboxylic acids is 2. The van der Waals surface area contributed by atoms with Crippen molar-refractivity contribution in [3.63, 3.8) is 0 Å². The molecule has 0 saturated heterocycles. The van der Waals surface area contributed by atoms with Crippen LogP contribution in [0.3, 0.4) is 0 Å². The predicted molar refractivity (Wildman–Crippen MR) is 314 cm³/mol. The van der Waals surface area contributed by atoms with E-state index in [1.165, 1.54) is 64.2 Å². The zero-order chi connectivity index (χ0) is 54.2. The topological polar surface area (TPSA) is 111 Å². The number of phosphoric ester groups is 1. The molecule has 0 aliphatic heterocycles. The van der Waals surface area contributed by atoms with Crippen LogP contribution in [0.1, 0.15) is 219 Å². The zero-order valence-electron chi connectivity index (χ0n) is 47.7. The Balaban J connectivity index is 4.16. The van der Waals surface area contributed by atoms with E-state index >= 15 is 0 Å². The first-order chi connectivity index (χ1) is 36.0. The van der Waals surface area contributed by atoms with E-state index in [2.05, 4.69) is 135 Å². The van der Waals surface area contributed by atoms with Gasteiger partial charge in [-0.15, -0.1) is 0 Å². The average molecular weight is 1050 g/mol. The van der Waals surface area contributed by atoms with Crippen molar-refractivity contribution in [2.75, 3.05) is 47.5 Å². The summed E-state index contributed by atoms with van der Waals surface area (Å²) in [5.74, 6) is -0.855. The van der Waals surface area contributed by atoms with Gasteiger partial charge < -0.3 is 27.9 Å².